The first-order chi connectivity index (χ1) is 11.6. The molecule has 0 unspecified atom stereocenters. The minimum atomic E-state index is -3.23. The number of aryl methyl sites for hydroxylation is 1. The van der Waals surface area contributed by atoms with Crippen molar-refractivity contribution in [2.45, 2.75) is 39.0 Å². The van der Waals surface area contributed by atoms with E-state index in [9.17, 15) is 17.6 Å². The number of carboxylic acid groups (broad SMARTS) is 2. The van der Waals surface area contributed by atoms with Crippen molar-refractivity contribution in [3.05, 3.63) is 35.9 Å². The van der Waals surface area contributed by atoms with E-state index in [0.717, 1.165) is 6.34 Å². The molecule has 5 N–H and O–H groups in total. The summed E-state index contributed by atoms with van der Waals surface area (Å²) in [5.41, 5.74) is 5.85. The van der Waals surface area contributed by atoms with Crippen molar-refractivity contribution in [1.82, 2.24) is 0 Å². The number of carbonyl (C=O) groups is 2. The first-order valence-corrected chi connectivity index (χ1v) is 6.90. The van der Waals surface area contributed by atoms with Gasteiger partial charge in [-0.3, -0.25) is 5.41 Å². The summed E-state index contributed by atoms with van der Waals surface area (Å²) < 4.78 is 42.2. The molecule has 0 heterocycles. The van der Waals surface area contributed by atoms with Gasteiger partial charge in [0.15, 0.2) is 0 Å². The SMILES string of the molecule is CCCCc1ccccc1.N=CN.O=C(O)C(F)F.O=C(O)C(F)F. The second kappa shape index (κ2) is 19.4. The molecule has 0 spiro atoms. The zero-order chi connectivity index (χ0) is 20.3. The number of unbranched alkanes of at least 4 members (excludes halogenated alkanes) is 1. The van der Waals surface area contributed by atoms with Crippen molar-refractivity contribution in [2.75, 3.05) is 0 Å². The predicted octanol–water partition coefficient (Wildman–Crippen LogP) is 3.25. The average molecular weight is 370 g/mol. The van der Waals surface area contributed by atoms with Gasteiger partial charge in [-0.15, -0.1) is 0 Å². The van der Waals surface area contributed by atoms with E-state index in [-0.39, 0.29) is 0 Å². The van der Waals surface area contributed by atoms with Crippen LogP contribution in [0.15, 0.2) is 30.3 Å². The Labute approximate surface area is 142 Å². The molecule has 1 aromatic carbocycles. The van der Waals surface area contributed by atoms with Gasteiger partial charge >= 0.3 is 24.8 Å². The lowest BCUT2D eigenvalue weighted by atomic mass is 10.1. The third-order valence-corrected chi connectivity index (χ3v) is 2.04. The van der Waals surface area contributed by atoms with E-state index in [2.05, 4.69) is 43.0 Å². The highest BCUT2D eigenvalue weighted by molar-refractivity contribution is 5.70. The van der Waals surface area contributed by atoms with E-state index in [1.807, 2.05) is 0 Å². The molecule has 0 aromatic heterocycles. The lowest BCUT2D eigenvalue weighted by Crippen LogP contribution is -2.06. The third-order valence-electron chi connectivity index (χ3n) is 2.04. The summed E-state index contributed by atoms with van der Waals surface area (Å²) in [5, 5.41) is 20.3. The van der Waals surface area contributed by atoms with E-state index in [1.165, 1.54) is 24.8 Å². The van der Waals surface area contributed by atoms with Crippen molar-refractivity contribution < 1.29 is 37.4 Å². The van der Waals surface area contributed by atoms with Crippen molar-refractivity contribution in [1.29, 1.82) is 5.41 Å². The topological polar surface area (TPSA) is 124 Å². The van der Waals surface area contributed by atoms with Gasteiger partial charge in [-0.05, 0) is 18.4 Å². The fourth-order valence-electron chi connectivity index (χ4n) is 1.03. The molecule has 0 fully saturated rings. The Balaban J connectivity index is -0.000000282. The van der Waals surface area contributed by atoms with Gasteiger partial charge in [0.05, 0.1) is 6.34 Å². The summed E-state index contributed by atoms with van der Waals surface area (Å²) in [4.78, 5) is 17.9. The number of aliphatic carboxylic acids is 2. The number of halogens is 4. The van der Waals surface area contributed by atoms with Crippen LogP contribution in [0.4, 0.5) is 17.6 Å². The van der Waals surface area contributed by atoms with Crippen LogP contribution in [0.5, 0.6) is 0 Å². The van der Waals surface area contributed by atoms with Crippen LogP contribution < -0.4 is 5.73 Å². The van der Waals surface area contributed by atoms with Crippen molar-refractivity contribution >= 4 is 18.3 Å². The normalized spacial score (nSPS) is 8.76. The molecule has 0 aliphatic heterocycles. The molecule has 0 bridgehead atoms. The number of alkyl halides is 4. The average Bonchev–Trinajstić information content (AvgIpc) is 2.55. The minimum absolute atomic E-state index is 0.750. The molecule has 1 rings (SSSR count). The minimum Gasteiger partial charge on any atom is -0.477 e. The summed E-state index contributed by atoms with van der Waals surface area (Å²) >= 11 is 0. The van der Waals surface area contributed by atoms with E-state index in [4.69, 9.17) is 25.2 Å². The predicted molar refractivity (Wildman–Crippen MR) is 85.3 cm³/mol. The van der Waals surface area contributed by atoms with Crippen LogP contribution in [0.3, 0.4) is 0 Å². The van der Waals surface area contributed by atoms with Gasteiger partial charge in [0.1, 0.15) is 0 Å². The zero-order valence-corrected chi connectivity index (χ0v) is 13.5. The number of rotatable bonds is 5. The van der Waals surface area contributed by atoms with Crippen molar-refractivity contribution in [3.8, 4) is 0 Å². The second-order valence-electron chi connectivity index (χ2n) is 4.03. The maximum atomic E-state index is 10.6. The summed E-state index contributed by atoms with van der Waals surface area (Å²) in [7, 11) is 0. The van der Waals surface area contributed by atoms with Gasteiger partial charge in [0.2, 0.25) is 0 Å². The molecular weight excluding hydrogens is 348 g/mol. The first kappa shape index (κ1) is 27.2. The maximum Gasteiger partial charge on any atom is 0.371 e. The van der Waals surface area contributed by atoms with Gasteiger partial charge in [0, 0.05) is 0 Å². The first-order valence-electron chi connectivity index (χ1n) is 6.90. The lowest BCUT2D eigenvalue weighted by molar-refractivity contribution is -0.150. The highest BCUT2D eigenvalue weighted by Crippen LogP contribution is 2.03. The van der Waals surface area contributed by atoms with Crippen LogP contribution in [-0.4, -0.2) is 41.3 Å². The van der Waals surface area contributed by atoms with Crippen LogP contribution in [0.2, 0.25) is 0 Å². The Kier molecular flexibility index (Phi) is 21.1. The molecule has 25 heavy (non-hydrogen) atoms. The van der Waals surface area contributed by atoms with Crippen LogP contribution in [-0.2, 0) is 16.0 Å². The molecule has 0 atom stereocenters. The van der Waals surface area contributed by atoms with Gasteiger partial charge in [-0.25, -0.2) is 9.59 Å². The van der Waals surface area contributed by atoms with Crippen molar-refractivity contribution in [3.63, 3.8) is 0 Å². The molecular formula is C15H22F4N2O4. The Hall–Kier alpha value is -2.65. The molecule has 6 nitrogen and oxygen atoms in total. The number of benzene rings is 1. The lowest BCUT2D eigenvalue weighted by Gasteiger charge is -1.96. The molecule has 0 radical (unpaired) electrons. The van der Waals surface area contributed by atoms with E-state index in [0.29, 0.717) is 0 Å². The number of carboxylic acids is 2. The van der Waals surface area contributed by atoms with E-state index < -0.39 is 24.8 Å². The van der Waals surface area contributed by atoms with Crippen LogP contribution in [0.1, 0.15) is 25.3 Å². The maximum absolute atomic E-state index is 10.6. The third kappa shape index (κ3) is 26.6. The van der Waals surface area contributed by atoms with E-state index >= 15 is 0 Å². The summed E-state index contributed by atoms with van der Waals surface area (Å²) in [6, 6.07) is 10.6. The van der Waals surface area contributed by atoms with Gasteiger partial charge < -0.3 is 15.9 Å². The standard InChI is InChI=1S/C10H14.2C2H2F2O2.CH4N2/c1-2-3-7-10-8-5-4-6-9-10;2*3-1(4)2(5)6;2-1-3/h4-6,8-9H,2-3,7H2,1H3;2*1H,(H,5,6);1H,(H3,2,3). The quantitative estimate of drug-likeness (QED) is 0.360. The van der Waals surface area contributed by atoms with E-state index in [1.54, 1.807) is 0 Å². The van der Waals surface area contributed by atoms with Gasteiger partial charge in [0.25, 0.3) is 0 Å². The molecule has 0 saturated heterocycles. The summed E-state index contributed by atoms with van der Waals surface area (Å²) in [6.07, 6.45) is -1.88. The number of hydrogen-bond acceptors (Lipinski definition) is 3. The number of hydrogen-bond donors (Lipinski definition) is 4. The second-order valence-corrected chi connectivity index (χ2v) is 4.03. The largest absolute Gasteiger partial charge is 0.477 e. The van der Waals surface area contributed by atoms with Crippen molar-refractivity contribution in [2.24, 2.45) is 5.73 Å². The molecule has 0 aliphatic rings. The Morgan fingerprint density at radius 1 is 1.08 bits per heavy atom. The fourth-order valence-corrected chi connectivity index (χ4v) is 1.03. The number of nitrogens with two attached hydrogens (primary N) is 1. The van der Waals surface area contributed by atoms with Crippen LogP contribution in [0, 0.1) is 5.41 Å². The Bertz CT molecular complexity index is 442. The zero-order valence-electron chi connectivity index (χ0n) is 13.5. The molecule has 0 aliphatic carbocycles. The smallest absolute Gasteiger partial charge is 0.371 e. The highest BCUT2D eigenvalue weighted by atomic mass is 19.3. The van der Waals surface area contributed by atoms with Crippen LogP contribution in [0.25, 0.3) is 0 Å². The summed E-state index contributed by atoms with van der Waals surface area (Å²) in [5.74, 6) is -4.15. The van der Waals surface area contributed by atoms with Gasteiger partial charge in [-0.2, -0.15) is 17.6 Å². The molecule has 144 valence electrons. The van der Waals surface area contributed by atoms with Gasteiger partial charge in [-0.1, -0.05) is 43.7 Å². The summed E-state index contributed by atoms with van der Waals surface area (Å²) in [6.45, 7) is 2.23. The molecule has 0 saturated carbocycles. The number of nitrogens with one attached hydrogen (secondary N) is 1. The Morgan fingerprint density at radius 3 is 1.64 bits per heavy atom. The fraction of sp³-hybridized carbons (Fsp3) is 0.400. The monoisotopic (exact) mass is 370 g/mol. The van der Waals surface area contributed by atoms with Crippen LogP contribution >= 0.6 is 0 Å². The highest BCUT2D eigenvalue weighted by Gasteiger charge is 2.10. The Morgan fingerprint density at radius 2 is 1.40 bits per heavy atom. The molecule has 0 amide bonds. The molecule has 1 aromatic rings. The molecule has 10 heteroatoms.